The maximum Gasteiger partial charge on any atom is 0.344 e. The van der Waals surface area contributed by atoms with E-state index >= 15 is 0 Å². The van der Waals surface area contributed by atoms with Crippen LogP contribution in [0.15, 0.2) is 39.1 Å². The first-order chi connectivity index (χ1) is 22.6. The second kappa shape index (κ2) is 13.0. The van der Waals surface area contributed by atoms with Crippen LogP contribution in [0.3, 0.4) is 0 Å². The molecule has 0 bridgehead atoms. The summed E-state index contributed by atoms with van der Waals surface area (Å²) >= 11 is 0. The van der Waals surface area contributed by atoms with E-state index in [2.05, 4.69) is 40.7 Å². The minimum Gasteiger partial charge on any atom is -0.482 e. The molecule has 0 N–H and O–H groups in total. The predicted molar refractivity (Wildman–Crippen MR) is 188 cm³/mol. The van der Waals surface area contributed by atoms with Crippen LogP contribution in [0, 0.1) is 46.3 Å². The molecule has 5 aliphatic rings. The Morgan fingerprint density at radius 2 is 1.79 bits per heavy atom. The monoisotopic (exact) mass is 642 g/mol. The zero-order valence-corrected chi connectivity index (χ0v) is 29.7. The van der Waals surface area contributed by atoms with Gasteiger partial charge in [-0.25, -0.2) is 9.59 Å². The summed E-state index contributed by atoms with van der Waals surface area (Å²) in [5, 5.41) is 0.976. The lowest BCUT2D eigenvalue weighted by Crippen LogP contribution is -2.51. The van der Waals surface area contributed by atoms with E-state index in [1.54, 1.807) is 6.07 Å². The third-order valence-corrected chi connectivity index (χ3v) is 14.1. The lowest BCUT2D eigenvalue weighted by atomic mass is 9.47. The second-order valence-electron chi connectivity index (χ2n) is 17.1. The first kappa shape index (κ1) is 33.0. The molecule has 0 saturated heterocycles. The normalized spacial score (nSPS) is 33.7. The average molecular weight is 643 g/mol. The van der Waals surface area contributed by atoms with Gasteiger partial charge in [-0.2, -0.15) is 0 Å². The minimum absolute atomic E-state index is 0.0838. The van der Waals surface area contributed by atoms with Crippen LogP contribution in [0.2, 0.25) is 0 Å². The Kier molecular flexibility index (Phi) is 9.15. The van der Waals surface area contributed by atoms with Crippen LogP contribution in [-0.4, -0.2) is 18.7 Å². The summed E-state index contributed by atoms with van der Waals surface area (Å²) in [7, 11) is 0. The van der Waals surface area contributed by atoms with Crippen molar-refractivity contribution < 1.29 is 18.7 Å². The average Bonchev–Trinajstić information content (AvgIpc) is 3.41. The molecule has 0 unspecified atom stereocenters. The number of allylic oxidation sites excluding steroid dienone is 1. The molecule has 5 nitrogen and oxygen atoms in total. The number of esters is 1. The molecule has 0 aliphatic heterocycles. The molecule has 5 heteroatoms. The van der Waals surface area contributed by atoms with E-state index in [1.807, 2.05) is 12.1 Å². The van der Waals surface area contributed by atoms with Gasteiger partial charge in [0.1, 0.15) is 17.4 Å². The Morgan fingerprint density at radius 3 is 2.60 bits per heavy atom. The molecule has 0 amide bonds. The van der Waals surface area contributed by atoms with Crippen molar-refractivity contribution in [3.05, 3.63) is 51.4 Å². The first-order valence-corrected chi connectivity index (χ1v) is 19.2. The van der Waals surface area contributed by atoms with Crippen molar-refractivity contribution in [2.75, 3.05) is 6.61 Å². The zero-order chi connectivity index (χ0) is 32.9. The number of ether oxygens (including phenoxy) is 2. The summed E-state index contributed by atoms with van der Waals surface area (Å²) in [6.07, 6.45) is 20.1. The predicted octanol–water partition coefficient (Wildman–Crippen LogP) is 10.0. The SMILES string of the molecule is CC(C)CCC[C@H](C)[C@H]1CC[C@H]2[C@@H]3CC=C4C[C@H](OC(=O)COc5ccc6c7c(c(=O)oc6c5)CCCC7)CC[C@]4(C)[C@H]3CC[C@]12C. The van der Waals surface area contributed by atoms with E-state index in [-0.39, 0.29) is 29.7 Å². The lowest BCUT2D eigenvalue weighted by Gasteiger charge is -2.58. The van der Waals surface area contributed by atoms with Crippen LogP contribution in [0.5, 0.6) is 5.75 Å². The topological polar surface area (TPSA) is 65.7 Å². The van der Waals surface area contributed by atoms with E-state index in [1.165, 1.54) is 56.9 Å². The Labute approximate surface area is 282 Å². The molecule has 0 spiro atoms. The van der Waals surface area contributed by atoms with Crippen molar-refractivity contribution in [3.8, 4) is 5.75 Å². The van der Waals surface area contributed by atoms with Crippen molar-refractivity contribution in [3.63, 3.8) is 0 Å². The smallest absolute Gasteiger partial charge is 0.344 e. The van der Waals surface area contributed by atoms with Gasteiger partial charge >= 0.3 is 11.6 Å². The molecule has 7 rings (SSSR count). The summed E-state index contributed by atoms with van der Waals surface area (Å²) < 4.78 is 17.5. The number of aryl methyl sites for hydroxylation is 1. The molecule has 1 aromatic carbocycles. The molecule has 0 radical (unpaired) electrons. The van der Waals surface area contributed by atoms with Crippen LogP contribution in [0.1, 0.15) is 129 Å². The van der Waals surface area contributed by atoms with Crippen molar-refractivity contribution in [1.29, 1.82) is 0 Å². The molecule has 5 aliphatic carbocycles. The third kappa shape index (κ3) is 6.12. The molecular weight excluding hydrogens is 584 g/mol. The zero-order valence-electron chi connectivity index (χ0n) is 29.7. The van der Waals surface area contributed by atoms with Crippen molar-refractivity contribution >= 4 is 16.9 Å². The largest absolute Gasteiger partial charge is 0.482 e. The molecule has 3 fully saturated rings. The molecule has 1 heterocycles. The Balaban J connectivity index is 0.953. The number of fused-ring (bicyclic) bond motifs is 8. The van der Waals surface area contributed by atoms with Crippen molar-refractivity contribution in [2.24, 2.45) is 46.3 Å². The van der Waals surface area contributed by atoms with Gasteiger partial charge in [0.15, 0.2) is 6.61 Å². The molecular formula is C42H58O5. The standard InChI is InChI=1S/C42H58O5/c1-26(2)9-8-10-27(3)35-17-18-36-34-15-13-28-23-30(19-21-41(28,4)37(34)20-22-42(35,36)5)46-39(43)25-45-29-14-16-32-31-11-6-7-12-33(31)40(44)47-38(32)24-29/h13-14,16,24,26-27,30,34-37H,6-12,15,17-23,25H2,1-5H3/t27-,30+,34-,35+,36-,37-,41-,42+/m0/s1. The van der Waals surface area contributed by atoms with Gasteiger partial charge in [0, 0.05) is 23.4 Å². The van der Waals surface area contributed by atoms with Crippen LogP contribution in [0.25, 0.3) is 11.0 Å². The fourth-order valence-corrected chi connectivity index (χ4v) is 11.6. The van der Waals surface area contributed by atoms with Gasteiger partial charge in [-0.1, -0.05) is 65.5 Å². The number of carbonyl (C=O) groups excluding carboxylic acids is 1. The van der Waals surface area contributed by atoms with Crippen molar-refractivity contribution in [2.45, 2.75) is 137 Å². The summed E-state index contributed by atoms with van der Waals surface area (Å²) in [5.74, 6) is 5.15. The van der Waals surface area contributed by atoms with Gasteiger partial charge in [0.2, 0.25) is 0 Å². The summed E-state index contributed by atoms with van der Waals surface area (Å²) in [6.45, 7) is 12.3. The fourth-order valence-electron chi connectivity index (χ4n) is 11.6. The second-order valence-corrected chi connectivity index (χ2v) is 17.1. The van der Waals surface area contributed by atoms with Gasteiger partial charge in [-0.3, -0.25) is 0 Å². The lowest BCUT2D eigenvalue weighted by molar-refractivity contribution is -0.153. The van der Waals surface area contributed by atoms with Crippen LogP contribution < -0.4 is 10.4 Å². The van der Waals surface area contributed by atoms with Gasteiger partial charge in [0.25, 0.3) is 0 Å². The van der Waals surface area contributed by atoms with E-state index in [0.717, 1.165) is 97.0 Å². The van der Waals surface area contributed by atoms with Crippen molar-refractivity contribution in [1.82, 2.24) is 0 Å². The number of hydrogen-bond acceptors (Lipinski definition) is 5. The van der Waals surface area contributed by atoms with Crippen LogP contribution >= 0.6 is 0 Å². The van der Waals surface area contributed by atoms with Crippen LogP contribution in [-0.2, 0) is 22.4 Å². The van der Waals surface area contributed by atoms with Gasteiger partial charge < -0.3 is 13.9 Å². The Morgan fingerprint density at radius 1 is 0.979 bits per heavy atom. The minimum atomic E-state index is -0.326. The molecule has 2 aromatic rings. The third-order valence-electron chi connectivity index (χ3n) is 14.1. The maximum absolute atomic E-state index is 13.0. The van der Waals surface area contributed by atoms with Gasteiger partial charge in [0.05, 0.1) is 0 Å². The molecule has 256 valence electrons. The molecule has 1 aromatic heterocycles. The fraction of sp³-hybridized carbons (Fsp3) is 0.714. The highest BCUT2D eigenvalue weighted by Gasteiger charge is 2.59. The van der Waals surface area contributed by atoms with E-state index in [4.69, 9.17) is 13.9 Å². The van der Waals surface area contributed by atoms with E-state index in [9.17, 15) is 9.59 Å². The first-order valence-electron chi connectivity index (χ1n) is 19.2. The van der Waals surface area contributed by atoms with Crippen LogP contribution in [0.4, 0.5) is 0 Å². The maximum atomic E-state index is 13.0. The Bertz CT molecular complexity index is 1570. The molecule has 8 atom stereocenters. The number of rotatable bonds is 9. The summed E-state index contributed by atoms with van der Waals surface area (Å²) in [5.41, 5.74) is 4.49. The summed E-state index contributed by atoms with van der Waals surface area (Å²) in [4.78, 5) is 25.5. The summed E-state index contributed by atoms with van der Waals surface area (Å²) in [6, 6.07) is 5.57. The highest BCUT2D eigenvalue weighted by Crippen LogP contribution is 2.67. The molecule has 3 saturated carbocycles. The highest BCUT2D eigenvalue weighted by molar-refractivity contribution is 5.83. The number of benzene rings is 1. The van der Waals surface area contributed by atoms with Gasteiger partial charge in [-0.15, -0.1) is 0 Å². The highest BCUT2D eigenvalue weighted by atomic mass is 16.6. The van der Waals surface area contributed by atoms with Gasteiger partial charge in [-0.05, 0) is 135 Å². The quantitative estimate of drug-likeness (QED) is 0.155. The number of carbonyl (C=O) groups is 1. The van der Waals surface area contributed by atoms with E-state index < -0.39 is 0 Å². The number of hydrogen-bond donors (Lipinski definition) is 0. The molecule has 47 heavy (non-hydrogen) atoms. The van der Waals surface area contributed by atoms with E-state index in [0.29, 0.717) is 16.7 Å². The Hall–Kier alpha value is -2.56.